The second kappa shape index (κ2) is 10.4. The SMILES string of the molecule is Cc1csc(S(=O)(=O)N(c2cc3c(cc2OCc2ccc(C=CC(=O)O)cc2C)CCC3)C(C)C)n1. The lowest BCUT2D eigenvalue weighted by Crippen LogP contribution is -2.37. The van der Waals surface area contributed by atoms with Crippen LogP contribution in [0, 0.1) is 13.8 Å². The summed E-state index contributed by atoms with van der Waals surface area (Å²) in [7, 11) is -3.88. The van der Waals surface area contributed by atoms with Gasteiger partial charge in [-0.25, -0.2) is 9.78 Å². The number of hydrogen-bond donors (Lipinski definition) is 1. The Bertz CT molecular complexity index is 1420. The van der Waals surface area contributed by atoms with Gasteiger partial charge in [0, 0.05) is 23.2 Å². The van der Waals surface area contributed by atoms with Crippen LogP contribution in [0.2, 0.25) is 0 Å². The molecule has 2 aromatic carbocycles. The second-order valence-corrected chi connectivity index (χ2v) is 12.1. The third kappa shape index (κ3) is 5.47. The van der Waals surface area contributed by atoms with Crippen molar-refractivity contribution in [3.63, 3.8) is 0 Å². The highest BCUT2D eigenvalue weighted by atomic mass is 32.2. The quantitative estimate of drug-likeness (QED) is 0.368. The molecular formula is C27H30N2O5S2. The summed E-state index contributed by atoms with van der Waals surface area (Å²) in [5.41, 5.74) is 6.21. The zero-order valence-corrected chi connectivity index (χ0v) is 22.4. The molecule has 0 bridgehead atoms. The van der Waals surface area contributed by atoms with Crippen molar-refractivity contribution in [3.8, 4) is 5.75 Å². The number of nitrogens with zero attached hydrogens (tertiary/aromatic N) is 2. The van der Waals surface area contributed by atoms with Crippen LogP contribution in [-0.4, -0.2) is 30.5 Å². The first-order chi connectivity index (χ1) is 17.1. The number of rotatable bonds is 9. The lowest BCUT2D eigenvalue weighted by molar-refractivity contribution is -0.131. The van der Waals surface area contributed by atoms with Crippen molar-refractivity contribution in [1.82, 2.24) is 4.98 Å². The smallest absolute Gasteiger partial charge is 0.328 e. The van der Waals surface area contributed by atoms with Gasteiger partial charge >= 0.3 is 5.97 Å². The molecule has 1 heterocycles. The van der Waals surface area contributed by atoms with E-state index in [9.17, 15) is 13.2 Å². The van der Waals surface area contributed by atoms with Crippen LogP contribution in [0.25, 0.3) is 6.08 Å². The zero-order chi connectivity index (χ0) is 26.0. The van der Waals surface area contributed by atoms with Crippen LogP contribution < -0.4 is 9.04 Å². The minimum absolute atomic E-state index is 0.0704. The van der Waals surface area contributed by atoms with Gasteiger partial charge in [-0.15, -0.1) is 11.3 Å². The topological polar surface area (TPSA) is 96.8 Å². The van der Waals surface area contributed by atoms with Gasteiger partial charge in [0.1, 0.15) is 12.4 Å². The fraction of sp³-hybridized carbons (Fsp3) is 0.333. The fourth-order valence-corrected chi connectivity index (χ4v) is 7.18. The highest BCUT2D eigenvalue weighted by Crippen LogP contribution is 2.40. The molecule has 0 fully saturated rings. The van der Waals surface area contributed by atoms with E-state index in [4.69, 9.17) is 9.84 Å². The third-order valence-electron chi connectivity index (χ3n) is 6.13. The van der Waals surface area contributed by atoms with Gasteiger partial charge in [0.05, 0.1) is 5.69 Å². The molecule has 0 amide bonds. The van der Waals surface area contributed by atoms with Gasteiger partial charge in [-0.2, -0.15) is 8.42 Å². The van der Waals surface area contributed by atoms with Crippen LogP contribution in [0.3, 0.4) is 0 Å². The normalized spacial score (nSPS) is 13.4. The second-order valence-electron chi connectivity index (χ2n) is 9.24. The molecule has 3 aromatic rings. The summed E-state index contributed by atoms with van der Waals surface area (Å²) < 4.78 is 35.2. The molecule has 1 aromatic heterocycles. The number of ether oxygens (including phenoxy) is 1. The minimum Gasteiger partial charge on any atom is -0.487 e. The Labute approximate surface area is 216 Å². The van der Waals surface area contributed by atoms with Crippen molar-refractivity contribution in [2.75, 3.05) is 4.31 Å². The van der Waals surface area contributed by atoms with Crippen molar-refractivity contribution in [1.29, 1.82) is 0 Å². The maximum atomic E-state index is 13.7. The molecule has 4 rings (SSSR count). The molecule has 0 unspecified atom stereocenters. The Morgan fingerprint density at radius 1 is 1.19 bits per heavy atom. The van der Waals surface area contributed by atoms with Gasteiger partial charge in [0.2, 0.25) is 4.34 Å². The molecule has 7 nitrogen and oxygen atoms in total. The molecule has 0 atom stereocenters. The summed E-state index contributed by atoms with van der Waals surface area (Å²) in [5.74, 6) is -0.475. The lowest BCUT2D eigenvalue weighted by Gasteiger charge is -2.29. The van der Waals surface area contributed by atoms with E-state index in [0.717, 1.165) is 58.9 Å². The first-order valence-electron chi connectivity index (χ1n) is 11.8. The van der Waals surface area contributed by atoms with E-state index in [1.54, 1.807) is 18.4 Å². The van der Waals surface area contributed by atoms with E-state index in [2.05, 4.69) is 4.98 Å². The number of thiazole rings is 1. The maximum absolute atomic E-state index is 13.7. The van der Waals surface area contributed by atoms with Gasteiger partial charge in [0.15, 0.2) is 0 Å². The monoisotopic (exact) mass is 526 g/mol. The van der Waals surface area contributed by atoms with Crippen molar-refractivity contribution >= 4 is 39.1 Å². The van der Waals surface area contributed by atoms with E-state index < -0.39 is 16.0 Å². The molecule has 0 saturated heterocycles. The van der Waals surface area contributed by atoms with E-state index in [-0.39, 0.29) is 17.0 Å². The number of benzene rings is 2. The van der Waals surface area contributed by atoms with Crippen molar-refractivity contribution < 1.29 is 23.1 Å². The number of fused-ring (bicyclic) bond motifs is 1. The summed E-state index contributed by atoms with van der Waals surface area (Å²) in [6, 6.07) is 9.24. The van der Waals surface area contributed by atoms with Gasteiger partial charge in [-0.1, -0.05) is 18.2 Å². The number of sulfonamides is 1. The number of aryl methyl sites for hydroxylation is 4. The maximum Gasteiger partial charge on any atom is 0.328 e. The van der Waals surface area contributed by atoms with E-state index in [1.807, 2.05) is 51.1 Å². The van der Waals surface area contributed by atoms with E-state index in [1.165, 1.54) is 9.87 Å². The molecule has 1 N–H and O–H groups in total. The lowest BCUT2D eigenvalue weighted by atomic mass is 10.0. The highest BCUT2D eigenvalue weighted by molar-refractivity contribution is 7.94. The highest BCUT2D eigenvalue weighted by Gasteiger charge is 2.33. The number of carbonyl (C=O) groups is 1. The molecule has 0 aliphatic heterocycles. The Hall–Kier alpha value is -3.17. The van der Waals surface area contributed by atoms with Crippen LogP contribution in [0.15, 0.2) is 46.1 Å². The standard InChI is InChI=1S/C27H30N2O5S2/c1-17(2)29(36(32,33)27-28-19(4)16-35-27)24-13-21-6-5-7-22(21)14-25(24)34-15-23-10-8-20(12-18(23)3)9-11-26(30)31/h8-14,16-17H,5-7,15H2,1-4H3,(H,30,31). The Morgan fingerprint density at radius 3 is 2.53 bits per heavy atom. The number of aromatic nitrogens is 1. The summed E-state index contributed by atoms with van der Waals surface area (Å²) in [5, 5.41) is 10.6. The Morgan fingerprint density at radius 2 is 1.92 bits per heavy atom. The molecule has 0 spiro atoms. The minimum atomic E-state index is -3.88. The number of carboxylic acids is 1. The van der Waals surface area contributed by atoms with Crippen molar-refractivity contribution in [2.45, 2.75) is 63.9 Å². The fourth-order valence-electron chi connectivity index (χ4n) is 4.40. The van der Waals surface area contributed by atoms with Gasteiger partial charge < -0.3 is 9.84 Å². The molecule has 9 heteroatoms. The molecule has 0 radical (unpaired) electrons. The van der Waals surface area contributed by atoms with Crippen LogP contribution in [0.5, 0.6) is 5.75 Å². The summed E-state index contributed by atoms with van der Waals surface area (Å²) in [6.45, 7) is 7.67. The molecular weight excluding hydrogens is 496 g/mol. The first kappa shape index (κ1) is 25.9. The molecule has 0 saturated carbocycles. The van der Waals surface area contributed by atoms with Crippen molar-refractivity contribution in [3.05, 3.63) is 75.3 Å². The largest absolute Gasteiger partial charge is 0.487 e. The Kier molecular flexibility index (Phi) is 7.51. The number of aliphatic carboxylic acids is 1. The third-order valence-corrected chi connectivity index (χ3v) is 9.47. The first-order valence-corrected chi connectivity index (χ1v) is 14.1. The number of carboxylic acid groups (broad SMARTS) is 1. The molecule has 1 aliphatic carbocycles. The van der Waals surface area contributed by atoms with Gasteiger partial charge in [-0.3, -0.25) is 4.31 Å². The van der Waals surface area contributed by atoms with Crippen LogP contribution in [-0.2, 0) is 34.3 Å². The van der Waals surface area contributed by atoms with Crippen LogP contribution in [0.4, 0.5) is 5.69 Å². The van der Waals surface area contributed by atoms with Gasteiger partial charge in [0.25, 0.3) is 10.0 Å². The average molecular weight is 527 g/mol. The summed E-state index contributed by atoms with van der Waals surface area (Å²) in [4.78, 5) is 15.1. The van der Waals surface area contributed by atoms with Crippen LogP contribution >= 0.6 is 11.3 Å². The zero-order valence-electron chi connectivity index (χ0n) is 20.8. The summed E-state index contributed by atoms with van der Waals surface area (Å²) in [6.07, 6.45) is 5.53. The predicted octanol–water partition coefficient (Wildman–Crippen LogP) is 5.53. The van der Waals surface area contributed by atoms with Crippen LogP contribution in [0.1, 0.15) is 53.8 Å². The predicted molar refractivity (Wildman–Crippen MR) is 142 cm³/mol. The average Bonchev–Trinajstić information content (AvgIpc) is 3.45. The molecule has 190 valence electrons. The molecule has 36 heavy (non-hydrogen) atoms. The molecule has 1 aliphatic rings. The van der Waals surface area contributed by atoms with E-state index in [0.29, 0.717) is 17.1 Å². The number of anilines is 1. The number of hydrogen-bond acceptors (Lipinski definition) is 6. The van der Waals surface area contributed by atoms with Crippen molar-refractivity contribution in [2.24, 2.45) is 0 Å². The van der Waals surface area contributed by atoms with Gasteiger partial charge in [-0.05, 0) is 93.0 Å². The Balaban J connectivity index is 1.70. The van der Waals surface area contributed by atoms with E-state index >= 15 is 0 Å². The summed E-state index contributed by atoms with van der Waals surface area (Å²) >= 11 is 1.12.